The lowest BCUT2D eigenvalue weighted by Gasteiger charge is -2.20. The van der Waals surface area contributed by atoms with Crippen LogP contribution >= 0.6 is 0 Å². The van der Waals surface area contributed by atoms with Gasteiger partial charge in [-0.15, -0.1) is 0 Å². The molecule has 2 heterocycles. The van der Waals surface area contributed by atoms with E-state index in [-0.39, 0.29) is 22.0 Å². The largest absolute Gasteiger partial charge is 0.428 e. The average molecular weight is 311 g/mol. The van der Waals surface area contributed by atoms with Crippen molar-refractivity contribution in [1.29, 1.82) is 0 Å². The highest BCUT2D eigenvalue weighted by Crippen LogP contribution is 2.26. The molecule has 0 spiro atoms. The molecule has 1 atom stereocenters. The predicted octanol–water partition coefficient (Wildman–Crippen LogP) is 1.26. The van der Waals surface area contributed by atoms with Crippen molar-refractivity contribution in [3.8, 4) is 0 Å². The number of nitro benzene ring substituents is 1. The van der Waals surface area contributed by atoms with Crippen molar-refractivity contribution in [2.75, 3.05) is 13.1 Å². The fourth-order valence-electron chi connectivity index (χ4n) is 2.36. The Labute approximate surface area is 120 Å². The fourth-order valence-corrected chi connectivity index (χ4v) is 3.89. The number of hydrogen-bond donors (Lipinski definition) is 1. The number of non-ortho nitro benzene ring substituents is 1. The van der Waals surface area contributed by atoms with Gasteiger partial charge in [0.05, 0.1) is 10.2 Å². The second kappa shape index (κ2) is 5.08. The minimum atomic E-state index is -3.67. The van der Waals surface area contributed by atoms with Gasteiger partial charge in [-0.1, -0.05) is 0 Å². The Morgan fingerprint density at radius 3 is 2.90 bits per heavy atom. The molecule has 1 N–H and O–H groups in total. The second-order valence-electron chi connectivity index (χ2n) is 4.90. The molecule has 112 valence electrons. The highest BCUT2D eigenvalue weighted by molar-refractivity contribution is 7.91. The van der Waals surface area contributed by atoms with Crippen LogP contribution in [-0.4, -0.2) is 36.7 Å². The zero-order chi connectivity index (χ0) is 15.0. The van der Waals surface area contributed by atoms with Crippen molar-refractivity contribution in [2.24, 2.45) is 0 Å². The fraction of sp³-hybridized carbons (Fsp3) is 0.417. The molecular weight excluding hydrogens is 298 g/mol. The van der Waals surface area contributed by atoms with E-state index in [0.717, 1.165) is 13.0 Å². The zero-order valence-electron chi connectivity index (χ0n) is 11.0. The topological polar surface area (TPSA) is 115 Å². The molecule has 3 rings (SSSR count). The third-order valence-corrected chi connectivity index (χ3v) is 5.44. The van der Waals surface area contributed by atoms with Gasteiger partial charge in [0, 0.05) is 18.7 Å². The summed E-state index contributed by atoms with van der Waals surface area (Å²) in [6.07, 6.45) is 1.32. The molecular formula is C12H13N3O5S. The molecule has 0 radical (unpaired) electrons. The van der Waals surface area contributed by atoms with Gasteiger partial charge in [-0.3, -0.25) is 10.1 Å². The van der Waals surface area contributed by atoms with E-state index in [4.69, 9.17) is 4.42 Å². The summed E-state index contributed by atoms with van der Waals surface area (Å²) >= 11 is 0. The molecule has 0 amide bonds. The Balaban J connectivity index is 2.02. The summed E-state index contributed by atoms with van der Waals surface area (Å²) in [7, 11) is -3.67. The number of aromatic nitrogens is 1. The number of nitrogens with zero attached hydrogens (tertiary/aromatic N) is 2. The first-order valence-corrected chi connectivity index (χ1v) is 8.03. The first-order valence-electron chi connectivity index (χ1n) is 6.48. The van der Waals surface area contributed by atoms with Crippen molar-refractivity contribution >= 4 is 26.6 Å². The summed E-state index contributed by atoms with van der Waals surface area (Å²) in [5.74, 6) is 0. The van der Waals surface area contributed by atoms with Crippen LogP contribution in [0.25, 0.3) is 11.1 Å². The van der Waals surface area contributed by atoms with E-state index in [2.05, 4.69) is 10.3 Å². The number of hydrogen-bond acceptors (Lipinski definition) is 7. The van der Waals surface area contributed by atoms with E-state index < -0.39 is 20.0 Å². The van der Waals surface area contributed by atoms with Crippen LogP contribution in [0, 0.1) is 10.1 Å². The molecule has 1 saturated heterocycles. The lowest BCUT2D eigenvalue weighted by Crippen LogP contribution is -2.38. The number of sulfone groups is 1. The van der Waals surface area contributed by atoms with E-state index in [9.17, 15) is 18.5 Å². The number of nitrogens with one attached hydrogen (secondary N) is 1. The third kappa shape index (κ3) is 2.49. The van der Waals surface area contributed by atoms with Crippen molar-refractivity contribution in [2.45, 2.75) is 23.3 Å². The van der Waals surface area contributed by atoms with Gasteiger partial charge in [0.2, 0.25) is 9.84 Å². The quantitative estimate of drug-likeness (QED) is 0.670. The maximum Gasteiger partial charge on any atom is 0.316 e. The van der Waals surface area contributed by atoms with Gasteiger partial charge in [0.15, 0.2) is 5.58 Å². The van der Waals surface area contributed by atoms with Gasteiger partial charge in [-0.25, -0.2) is 8.42 Å². The first-order chi connectivity index (χ1) is 9.98. The Hall–Kier alpha value is -2.00. The molecule has 1 aromatic carbocycles. The summed E-state index contributed by atoms with van der Waals surface area (Å²) in [6.45, 7) is 1.16. The molecule has 1 aliphatic heterocycles. The van der Waals surface area contributed by atoms with Crippen molar-refractivity contribution < 1.29 is 17.8 Å². The van der Waals surface area contributed by atoms with Gasteiger partial charge >= 0.3 is 5.22 Å². The number of piperidine rings is 1. The summed E-state index contributed by atoms with van der Waals surface area (Å²) in [4.78, 5) is 14.1. The van der Waals surface area contributed by atoms with Crippen LogP contribution in [0.3, 0.4) is 0 Å². The molecule has 0 bridgehead atoms. The van der Waals surface area contributed by atoms with E-state index in [1.54, 1.807) is 0 Å². The molecule has 1 aliphatic rings. The van der Waals surface area contributed by atoms with Crippen molar-refractivity contribution in [3.05, 3.63) is 28.3 Å². The molecule has 21 heavy (non-hydrogen) atoms. The number of benzene rings is 1. The van der Waals surface area contributed by atoms with Gasteiger partial charge in [0.1, 0.15) is 5.52 Å². The van der Waals surface area contributed by atoms with Crippen molar-refractivity contribution in [1.82, 2.24) is 10.3 Å². The maximum absolute atomic E-state index is 12.4. The Morgan fingerprint density at radius 1 is 1.43 bits per heavy atom. The molecule has 0 saturated carbocycles. The predicted molar refractivity (Wildman–Crippen MR) is 73.7 cm³/mol. The minimum absolute atomic E-state index is 0.154. The maximum atomic E-state index is 12.4. The number of oxazole rings is 1. The Morgan fingerprint density at radius 2 is 2.24 bits per heavy atom. The molecule has 0 aliphatic carbocycles. The molecule has 0 unspecified atom stereocenters. The summed E-state index contributed by atoms with van der Waals surface area (Å²) in [5, 5.41) is 12.8. The van der Waals surface area contributed by atoms with Crippen LogP contribution in [-0.2, 0) is 9.84 Å². The molecule has 9 heteroatoms. The normalized spacial score (nSPS) is 19.7. The summed E-state index contributed by atoms with van der Waals surface area (Å²) in [6, 6.07) is 3.82. The van der Waals surface area contributed by atoms with E-state index in [1.165, 1.54) is 18.2 Å². The summed E-state index contributed by atoms with van der Waals surface area (Å²) in [5.41, 5.74) is 0.244. The second-order valence-corrected chi connectivity index (χ2v) is 7.01. The van der Waals surface area contributed by atoms with Gasteiger partial charge in [-0.2, -0.15) is 4.98 Å². The van der Waals surface area contributed by atoms with E-state index >= 15 is 0 Å². The molecule has 1 aromatic heterocycles. The minimum Gasteiger partial charge on any atom is -0.428 e. The highest BCUT2D eigenvalue weighted by atomic mass is 32.2. The van der Waals surface area contributed by atoms with E-state index in [0.29, 0.717) is 13.0 Å². The van der Waals surface area contributed by atoms with Crippen LogP contribution in [0.1, 0.15) is 12.8 Å². The lowest BCUT2D eigenvalue weighted by molar-refractivity contribution is -0.384. The van der Waals surface area contributed by atoms with Crippen LogP contribution in [0.2, 0.25) is 0 Å². The van der Waals surface area contributed by atoms with Crippen LogP contribution < -0.4 is 5.32 Å². The SMILES string of the molecule is O=[N+]([O-])c1ccc2oc(S(=O)(=O)[C@H]3CCCNC3)nc2c1. The van der Waals surface area contributed by atoms with Crippen LogP contribution in [0.5, 0.6) is 0 Å². The monoisotopic (exact) mass is 311 g/mol. The standard InChI is InChI=1S/C12H13N3O5S/c16-15(17)8-3-4-11-10(6-8)14-12(20-11)21(18,19)9-2-1-5-13-7-9/h3-4,6,9,13H,1-2,5,7H2/t9-/m0/s1. The lowest BCUT2D eigenvalue weighted by atomic mass is 10.2. The highest BCUT2D eigenvalue weighted by Gasteiger charge is 2.33. The Bertz CT molecular complexity index is 792. The Kier molecular flexibility index (Phi) is 3.38. The average Bonchev–Trinajstić information content (AvgIpc) is 2.91. The summed E-state index contributed by atoms with van der Waals surface area (Å²) < 4.78 is 30.2. The van der Waals surface area contributed by atoms with Gasteiger partial charge in [0.25, 0.3) is 5.69 Å². The zero-order valence-corrected chi connectivity index (χ0v) is 11.8. The first kappa shape index (κ1) is 14.0. The smallest absolute Gasteiger partial charge is 0.316 e. The van der Waals surface area contributed by atoms with Gasteiger partial charge in [-0.05, 0) is 25.5 Å². The molecule has 8 nitrogen and oxygen atoms in total. The van der Waals surface area contributed by atoms with Gasteiger partial charge < -0.3 is 9.73 Å². The number of fused-ring (bicyclic) bond motifs is 1. The van der Waals surface area contributed by atoms with E-state index in [1.807, 2.05) is 0 Å². The van der Waals surface area contributed by atoms with Crippen LogP contribution in [0.15, 0.2) is 27.8 Å². The molecule has 1 fully saturated rings. The number of nitro groups is 1. The van der Waals surface area contributed by atoms with Crippen LogP contribution in [0.4, 0.5) is 5.69 Å². The van der Waals surface area contributed by atoms with Crippen molar-refractivity contribution in [3.63, 3.8) is 0 Å². The molecule has 2 aromatic rings. The third-order valence-electron chi connectivity index (χ3n) is 3.50. The number of rotatable bonds is 3.